The first-order valence-corrected chi connectivity index (χ1v) is 4.95. The highest BCUT2D eigenvalue weighted by molar-refractivity contribution is 6.03. The molecule has 0 bridgehead atoms. The van der Waals surface area contributed by atoms with Gasteiger partial charge in [-0.1, -0.05) is 0 Å². The fraction of sp³-hybridized carbons (Fsp3) is 0.800. The molecule has 4 nitrogen and oxygen atoms in total. The van der Waals surface area contributed by atoms with Gasteiger partial charge in [0, 0.05) is 6.42 Å². The van der Waals surface area contributed by atoms with Crippen molar-refractivity contribution in [1.82, 2.24) is 5.32 Å². The molecule has 0 radical (unpaired) electrons. The first-order chi connectivity index (χ1) is 6.48. The van der Waals surface area contributed by atoms with Gasteiger partial charge < -0.3 is 4.74 Å². The van der Waals surface area contributed by atoms with E-state index in [2.05, 4.69) is 5.32 Å². The number of rotatable bonds is 1. The standard InChI is InChI=1S/C10H15NO3/c1-10(2)4-6(5-14-10)7-3-8(12)11-9(7)13/h6-7H,3-5H2,1-2H3,(H,11,12,13). The molecule has 0 saturated carbocycles. The van der Waals surface area contributed by atoms with Crippen molar-refractivity contribution in [2.24, 2.45) is 11.8 Å². The lowest BCUT2D eigenvalue weighted by Crippen LogP contribution is -2.27. The Labute approximate surface area is 83.0 Å². The normalized spacial score (nSPS) is 36.1. The fourth-order valence-corrected chi connectivity index (χ4v) is 2.29. The smallest absolute Gasteiger partial charge is 0.230 e. The van der Waals surface area contributed by atoms with E-state index in [4.69, 9.17) is 4.74 Å². The molecular weight excluding hydrogens is 182 g/mol. The molecule has 0 aromatic rings. The van der Waals surface area contributed by atoms with Gasteiger partial charge in [0.1, 0.15) is 0 Å². The molecule has 0 aromatic carbocycles. The number of carbonyl (C=O) groups excluding carboxylic acids is 2. The monoisotopic (exact) mass is 197 g/mol. The van der Waals surface area contributed by atoms with E-state index in [1.54, 1.807) is 0 Å². The van der Waals surface area contributed by atoms with Gasteiger partial charge in [0.25, 0.3) is 0 Å². The quantitative estimate of drug-likeness (QED) is 0.621. The van der Waals surface area contributed by atoms with Crippen LogP contribution in [0.25, 0.3) is 0 Å². The maximum absolute atomic E-state index is 11.4. The molecule has 2 unspecified atom stereocenters. The summed E-state index contributed by atoms with van der Waals surface area (Å²) in [5.41, 5.74) is -0.142. The van der Waals surface area contributed by atoms with Crippen LogP contribution < -0.4 is 5.32 Å². The number of hydrogen-bond acceptors (Lipinski definition) is 3. The zero-order valence-corrected chi connectivity index (χ0v) is 8.50. The minimum atomic E-state index is -0.163. The van der Waals surface area contributed by atoms with E-state index in [-0.39, 0.29) is 29.3 Å². The molecule has 78 valence electrons. The fourth-order valence-electron chi connectivity index (χ4n) is 2.29. The molecule has 2 rings (SSSR count). The Hall–Kier alpha value is -0.900. The summed E-state index contributed by atoms with van der Waals surface area (Å²) in [6, 6.07) is 0. The molecule has 2 saturated heterocycles. The highest BCUT2D eigenvalue weighted by atomic mass is 16.5. The third-order valence-electron chi connectivity index (χ3n) is 3.02. The molecule has 2 aliphatic rings. The van der Waals surface area contributed by atoms with Gasteiger partial charge in [-0.2, -0.15) is 0 Å². The molecule has 0 spiro atoms. The largest absolute Gasteiger partial charge is 0.375 e. The Morgan fingerprint density at radius 3 is 2.57 bits per heavy atom. The Kier molecular flexibility index (Phi) is 2.10. The second-order valence-corrected chi connectivity index (χ2v) is 4.76. The van der Waals surface area contributed by atoms with Gasteiger partial charge in [-0.3, -0.25) is 14.9 Å². The van der Waals surface area contributed by atoms with Crippen LogP contribution in [-0.4, -0.2) is 24.0 Å². The number of nitrogens with one attached hydrogen (secondary N) is 1. The topological polar surface area (TPSA) is 55.4 Å². The third kappa shape index (κ3) is 1.66. The number of carbonyl (C=O) groups is 2. The Morgan fingerprint density at radius 2 is 2.14 bits per heavy atom. The van der Waals surface area contributed by atoms with Crippen LogP contribution in [0.15, 0.2) is 0 Å². The van der Waals surface area contributed by atoms with Gasteiger partial charge in [0.05, 0.1) is 18.1 Å². The summed E-state index contributed by atoms with van der Waals surface area (Å²) in [5.74, 6) is -0.230. The van der Waals surface area contributed by atoms with E-state index in [0.717, 1.165) is 6.42 Å². The minimum absolute atomic E-state index is 0.124. The molecular formula is C10H15NO3. The average Bonchev–Trinajstić information content (AvgIpc) is 2.55. The second-order valence-electron chi connectivity index (χ2n) is 4.76. The van der Waals surface area contributed by atoms with E-state index in [9.17, 15) is 9.59 Å². The van der Waals surface area contributed by atoms with E-state index in [1.807, 2.05) is 13.8 Å². The Balaban J connectivity index is 2.04. The summed E-state index contributed by atoms with van der Waals surface area (Å²) in [4.78, 5) is 22.4. The highest BCUT2D eigenvalue weighted by Crippen LogP contribution is 2.36. The predicted molar refractivity (Wildman–Crippen MR) is 49.4 cm³/mol. The van der Waals surface area contributed by atoms with E-state index < -0.39 is 0 Å². The third-order valence-corrected chi connectivity index (χ3v) is 3.02. The number of hydrogen-bond donors (Lipinski definition) is 1. The molecule has 2 aliphatic heterocycles. The first kappa shape index (κ1) is 9.65. The molecule has 0 aliphatic carbocycles. The predicted octanol–water partition coefficient (Wildman–Crippen LogP) is 0.464. The maximum atomic E-state index is 11.4. The summed E-state index contributed by atoms with van der Waals surface area (Å²) >= 11 is 0. The zero-order chi connectivity index (χ0) is 10.3. The zero-order valence-electron chi connectivity index (χ0n) is 8.50. The van der Waals surface area contributed by atoms with Crippen LogP contribution in [0.3, 0.4) is 0 Å². The molecule has 4 heteroatoms. The molecule has 1 N–H and O–H groups in total. The van der Waals surface area contributed by atoms with Crippen molar-refractivity contribution in [3.63, 3.8) is 0 Å². The number of ether oxygens (including phenoxy) is 1. The first-order valence-electron chi connectivity index (χ1n) is 4.95. The SMILES string of the molecule is CC1(C)CC(C2CC(=O)NC2=O)CO1. The summed E-state index contributed by atoms with van der Waals surface area (Å²) in [6.45, 7) is 4.63. The molecule has 14 heavy (non-hydrogen) atoms. The van der Waals surface area contributed by atoms with Crippen molar-refractivity contribution in [1.29, 1.82) is 0 Å². The molecule has 2 fully saturated rings. The van der Waals surface area contributed by atoms with E-state index >= 15 is 0 Å². The molecule has 2 amide bonds. The van der Waals surface area contributed by atoms with Crippen molar-refractivity contribution >= 4 is 11.8 Å². The maximum Gasteiger partial charge on any atom is 0.230 e. The van der Waals surface area contributed by atoms with Crippen LogP contribution in [0.4, 0.5) is 0 Å². The van der Waals surface area contributed by atoms with Crippen LogP contribution in [0.2, 0.25) is 0 Å². The van der Waals surface area contributed by atoms with Gasteiger partial charge in [-0.25, -0.2) is 0 Å². The number of amides is 2. The van der Waals surface area contributed by atoms with Gasteiger partial charge in [-0.15, -0.1) is 0 Å². The minimum Gasteiger partial charge on any atom is -0.375 e. The lowest BCUT2D eigenvalue weighted by atomic mass is 9.86. The lowest BCUT2D eigenvalue weighted by molar-refractivity contribution is -0.126. The van der Waals surface area contributed by atoms with E-state index in [0.29, 0.717) is 13.0 Å². The van der Waals surface area contributed by atoms with Crippen molar-refractivity contribution in [3.8, 4) is 0 Å². The molecule has 2 heterocycles. The van der Waals surface area contributed by atoms with Gasteiger partial charge >= 0.3 is 0 Å². The van der Waals surface area contributed by atoms with E-state index in [1.165, 1.54) is 0 Å². The lowest BCUT2D eigenvalue weighted by Gasteiger charge is -2.17. The Bertz CT molecular complexity index is 285. The van der Waals surface area contributed by atoms with Crippen molar-refractivity contribution in [3.05, 3.63) is 0 Å². The van der Waals surface area contributed by atoms with Crippen molar-refractivity contribution in [2.45, 2.75) is 32.3 Å². The van der Waals surface area contributed by atoms with Crippen LogP contribution in [0.1, 0.15) is 26.7 Å². The molecule has 2 atom stereocenters. The number of imide groups is 1. The second kappa shape index (κ2) is 3.05. The average molecular weight is 197 g/mol. The highest BCUT2D eigenvalue weighted by Gasteiger charge is 2.43. The van der Waals surface area contributed by atoms with Gasteiger partial charge in [-0.05, 0) is 26.2 Å². The molecule has 0 aromatic heterocycles. The van der Waals surface area contributed by atoms with Crippen LogP contribution in [0, 0.1) is 11.8 Å². The van der Waals surface area contributed by atoms with Gasteiger partial charge in [0.2, 0.25) is 11.8 Å². The summed E-state index contributed by atoms with van der Waals surface area (Å²) in [6.07, 6.45) is 1.20. The Morgan fingerprint density at radius 1 is 1.43 bits per heavy atom. The van der Waals surface area contributed by atoms with Crippen molar-refractivity contribution < 1.29 is 14.3 Å². The van der Waals surface area contributed by atoms with Gasteiger partial charge in [0.15, 0.2) is 0 Å². The van der Waals surface area contributed by atoms with Crippen LogP contribution in [0.5, 0.6) is 0 Å². The summed E-state index contributed by atoms with van der Waals surface area (Å²) < 4.78 is 5.56. The van der Waals surface area contributed by atoms with Crippen molar-refractivity contribution in [2.75, 3.05) is 6.61 Å². The van der Waals surface area contributed by atoms with Crippen LogP contribution >= 0.6 is 0 Å². The summed E-state index contributed by atoms with van der Waals surface area (Å²) in [7, 11) is 0. The van der Waals surface area contributed by atoms with Crippen LogP contribution in [-0.2, 0) is 14.3 Å². The summed E-state index contributed by atoms with van der Waals surface area (Å²) in [5, 5.41) is 2.34.